The van der Waals surface area contributed by atoms with Crippen molar-refractivity contribution in [2.24, 2.45) is 0 Å². The van der Waals surface area contributed by atoms with Crippen LogP contribution in [-0.2, 0) is 4.74 Å². The average molecular weight is 471 g/mol. The Labute approximate surface area is 205 Å². The van der Waals surface area contributed by atoms with E-state index in [-0.39, 0.29) is 12.2 Å². The molecule has 35 heavy (non-hydrogen) atoms. The molecule has 2 saturated heterocycles. The van der Waals surface area contributed by atoms with Crippen molar-refractivity contribution in [1.82, 2.24) is 14.9 Å². The second-order valence-corrected chi connectivity index (χ2v) is 9.55. The second-order valence-electron chi connectivity index (χ2n) is 9.55. The third-order valence-corrected chi connectivity index (χ3v) is 6.73. The van der Waals surface area contributed by atoms with E-state index in [0.29, 0.717) is 17.3 Å². The molecule has 1 unspecified atom stereocenters. The zero-order valence-electron chi connectivity index (χ0n) is 20.1. The number of ether oxygens (including phenoxy) is 1. The maximum atomic E-state index is 11.1. The fraction of sp³-hybridized carbons (Fsp3) is 0.407. The van der Waals surface area contributed by atoms with Crippen LogP contribution < -0.4 is 10.2 Å². The van der Waals surface area contributed by atoms with Gasteiger partial charge in [0.2, 0.25) is 0 Å². The van der Waals surface area contributed by atoms with Crippen molar-refractivity contribution >= 4 is 28.6 Å². The first-order valence-corrected chi connectivity index (χ1v) is 12.1. The molecule has 0 saturated carbocycles. The van der Waals surface area contributed by atoms with Gasteiger partial charge in [0.05, 0.1) is 23.3 Å². The van der Waals surface area contributed by atoms with Crippen molar-refractivity contribution in [3.63, 3.8) is 0 Å². The predicted octanol–water partition coefficient (Wildman–Crippen LogP) is 3.40. The summed E-state index contributed by atoms with van der Waals surface area (Å²) in [5.74, 6) is 0. The Balaban J connectivity index is 1.25. The molecule has 5 rings (SSSR count). The number of nitrogens with zero attached hydrogens (tertiary/aromatic N) is 5. The molecule has 1 N–H and O–H groups in total. The normalized spacial score (nSPS) is 22.8. The molecule has 180 valence electrons. The van der Waals surface area contributed by atoms with Crippen LogP contribution in [0.15, 0.2) is 42.6 Å². The molecule has 0 radical (unpaired) electrons. The van der Waals surface area contributed by atoms with Gasteiger partial charge in [-0.2, -0.15) is 5.26 Å². The van der Waals surface area contributed by atoms with Gasteiger partial charge in [-0.1, -0.05) is 0 Å². The molecule has 2 aliphatic heterocycles. The number of rotatable bonds is 6. The number of anilines is 2. The molecule has 0 bridgehead atoms. The number of aldehydes is 1. The molecule has 2 aliphatic rings. The molecule has 0 spiro atoms. The summed E-state index contributed by atoms with van der Waals surface area (Å²) in [5.41, 5.74) is 4.69. The number of aromatic nitrogens is 2. The van der Waals surface area contributed by atoms with E-state index in [2.05, 4.69) is 38.1 Å². The Hall–Kier alpha value is -3.54. The van der Waals surface area contributed by atoms with Crippen LogP contribution in [0.5, 0.6) is 0 Å². The minimum Gasteiger partial charge on any atom is -0.381 e. The first-order chi connectivity index (χ1) is 17.0. The second kappa shape index (κ2) is 9.98. The lowest BCUT2D eigenvalue weighted by molar-refractivity contribution is -0.0294. The average Bonchev–Trinajstić information content (AvgIpc) is 3.28. The van der Waals surface area contributed by atoms with E-state index >= 15 is 0 Å². The number of fused-ring (bicyclic) bond motifs is 1. The highest BCUT2D eigenvalue weighted by atomic mass is 16.5. The number of likely N-dealkylation sites (tertiary alicyclic amines) is 1. The molecule has 0 aliphatic carbocycles. The van der Waals surface area contributed by atoms with Gasteiger partial charge in [0.1, 0.15) is 11.8 Å². The first-order valence-electron chi connectivity index (χ1n) is 12.1. The van der Waals surface area contributed by atoms with Gasteiger partial charge in [-0.15, -0.1) is 0 Å². The Bertz CT molecular complexity index is 1270. The number of nitrogens with one attached hydrogen (secondary N) is 1. The first kappa shape index (κ1) is 23.2. The molecule has 3 atom stereocenters. The van der Waals surface area contributed by atoms with Gasteiger partial charge in [-0.05, 0) is 56.7 Å². The van der Waals surface area contributed by atoms with E-state index in [1.165, 1.54) is 0 Å². The predicted molar refractivity (Wildman–Crippen MR) is 136 cm³/mol. The van der Waals surface area contributed by atoms with Gasteiger partial charge in [-0.25, -0.2) is 0 Å². The van der Waals surface area contributed by atoms with Crippen molar-refractivity contribution < 1.29 is 9.53 Å². The van der Waals surface area contributed by atoms with Gasteiger partial charge in [0, 0.05) is 67.4 Å². The molecule has 2 fully saturated rings. The molecule has 2 aromatic heterocycles. The molecule has 8 heteroatoms. The lowest BCUT2D eigenvalue weighted by atomic mass is 10.1. The van der Waals surface area contributed by atoms with Gasteiger partial charge in [-0.3, -0.25) is 19.7 Å². The minimum absolute atomic E-state index is 0.0877. The zero-order valence-corrected chi connectivity index (χ0v) is 20.1. The van der Waals surface area contributed by atoms with Crippen LogP contribution in [0.25, 0.3) is 10.9 Å². The Morgan fingerprint density at radius 1 is 1.26 bits per heavy atom. The highest BCUT2D eigenvalue weighted by Gasteiger charge is 2.31. The van der Waals surface area contributed by atoms with Crippen molar-refractivity contribution in [2.75, 3.05) is 42.9 Å². The van der Waals surface area contributed by atoms with Crippen LogP contribution in [0.2, 0.25) is 0 Å². The number of benzene rings is 1. The Morgan fingerprint density at radius 3 is 2.97 bits per heavy atom. The Morgan fingerprint density at radius 2 is 2.14 bits per heavy atom. The highest BCUT2D eigenvalue weighted by molar-refractivity contribution is 5.95. The molecule has 0 amide bonds. The fourth-order valence-corrected chi connectivity index (χ4v) is 5.34. The number of pyridine rings is 2. The van der Waals surface area contributed by atoms with E-state index in [1.807, 2.05) is 43.3 Å². The molecule has 3 aromatic rings. The third-order valence-electron chi connectivity index (χ3n) is 6.73. The fourth-order valence-electron chi connectivity index (χ4n) is 5.34. The van der Waals surface area contributed by atoms with Gasteiger partial charge >= 0.3 is 0 Å². The molecule has 8 nitrogen and oxygen atoms in total. The number of morpholine rings is 1. The van der Waals surface area contributed by atoms with Gasteiger partial charge in [0.15, 0.2) is 6.29 Å². The summed E-state index contributed by atoms with van der Waals surface area (Å²) in [6.45, 7) is 8.40. The van der Waals surface area contributed by atoms with Crippen molar-refractivity contribution in [2.45, 2.75) is 38.5 Å². The van der Waals surface area contributed by atoms with E-state index < -0.39 is 0 Å². The van der Waals surface area contributed by atoms with Gasteiger partial charge in [0.25, 0.3) is 0 Å². The van der Waals surface area contributed by atoms with Crippen LogP contribution in [0.3, 0.4) is 0 Å². The molecule has 1 aromatic carbocycles. The van der Waals surface area contributed by atoms with Gasteiger partial charge < -0.3 is 15.0 Å². The van der Waals surface area contributed by atoms with Crippen LogP contribution in [0.1, 0.15) is 35.1 Å². The van der Waals surface area contributed by atoms with Crippen LogP contribution >= 0.6 is 0 Å². The van der Waals surface area contributed by atoms with E-state index in [9.17, 15) is 10.1 Å². The molecular formula is C27H30N6O2. The number of aryl methyl sites for hydroxylation is 1. The number of nitriles is 1. The standard InChI is InChI=1S/C27H30N6O2/c1-18-10-22(11-23(17-34)30-18)31-21-7-9-32(14-21)15-24-16-33(13-19(2)35-24)26-6-5-20(12-28)27-25(26)4-3-8-29-27/h3-6,8,10-11,17,19,21,24H,7,9,13-16H2,1-2H3,(H,30,31)/t19-,21?,24+/m1/s1. The topological polar surface area (TPSA) is 94.4 Å². The van der Waals surface area contributed by atoms with Crippen molar-refractivity contribution in [1.29, 1.82) is 5.26 Å². The summed E-state index contributed by atoms with van der Waals surface area (Å²) in [7, 11) is 0. The molecule has 4 heterocycles. The van der Waals surface area contributed by atoms with E-state index in [1.54, 1.807) is 6.20 Å². The number of hydrogen-bond acceptors (Lipinski definition) is 8. The highest BCUT2D eigenvalue weighted by Crippen LogP contribution is 2.30. The summed E-state index contributed by atoms with van der Waals surface area (Å²) >= 11 is 0. The van der Waals surface area contributed by atoms with E-state index in [4.69, 9.17) is 4.74 Å². The van der Waals surface area contributed by atoms with Crippen LogP contribution in [0.4, 0.5) is 11.4 Å². The van der Waals surface area contributed by atoms with E-state index in [0.717, 1.165) is 73.4 Å². The van der Waals surface area contributed by atoms with Crippen LogP contribution in [0, 0.1) is 18.3 Å². The maximum absolute atomic E-state index is 11.1. The zero-order chi connectivity index (χ0) is 24.4. The van der Waals surface area contributed by atoms with Crippen molar-refractivity contribution in [3.05, 3.63) is 59.5 Å². The number of hydrogen-bond donors (Lipinski definition) is 1. The largest absolute Gasteiger partial charge is 0.381 e. The summed E-state index contributed by atoms with van der Waals surface area (Å²) in [6, 6.07) is 14.2. The SMILES string of the molecule is Cc1cc(NC2CCN(C[C@H]3CN(c4ccc(C#N)c5ncccc45)C[C@@H](C)O3)C2)cc(C=O)n1. The number of carbonyl (C=O) groups is 1. The molecular weight excluding hydrogens is 440 g/mol. The monoisotopic (exact) mass is 470 g/mol. The number of carbonyl (C=O) groups excluding carboxylic acids is 1. The van der Waals surface area contributed by atoms with Crippen LogP contribution in [-0.4, -0.2) is 72.1 Å². The minimum atomic E-state index is 0.0877. The smallest absolute Gasteiger partial charge is 0.168 e. The lowest BCUT2D eigenvalue weighted by Crippen LogP contribution is -2.50. The third kappa shape index (κ3) is 5.11. The summed E-state index contributed by atoms with van der Waals surface area (Å²) < 4.78 is 6.34. The quantitative estimate of drug-likeness (QED) is 0.548. The Kier molecular flexibility index (Phi) is 6.62. The summed E-state index contributed by atoms with van der Waals surface area (Å²) in [6.07, 6.45) is 3.76. The lowest BCUT2D eigenvalue weighted by Gasteiger charge is -2.40. The summed E-state index contributed by atoms with van der Waals surface area (Å²) in [5, 5.41) is 14.1. The summed E-state index contributed by atoms with van der Waals surface area (Å²) in [4.78, 5) is 24.7. The van der Waals surface area contributed by atoms with Crippen molar-refractivity contribution in [3.8, 4) is 6.07 Å². The maximum Gasteiger partial charge on any atom is 0.168 e.